The number of aromatic nitrogens is 4. The lowest BCUT2D eigenvalue weighted by Crippen LogP contribution is -2.22. The summed E-state index contributed by atoms with van der Waals surface area (Å²) in [7, 11) is 3.49. The normalized spacial score (nSPS) is 10.8. The molecular formula is C23H22N6O. The number of carbonyl (C=O) groups excluding carboxylic acids is 1. The molecule has 0 spiro atoms. The number of pyridine rings is 2. The molecule has 7 heteroatoms. The van der Waals surface area contributed by atoms with Crippen LogP contribution in [0.3, 0.4) is 0 Å². The lowest BCUT2D eigenvalue weighted by molar-refractivity contribution is 0.0829. The number of nitrogens with zero attached hydrogens (tertiary/aromatic N) is 5. The summed E-state index contributed by atoms with van der Waals surface area (Å²) in [4.78, 5) is 32.0. The minimum absolute atomic E-state index is 0.0641. The number of carbonyl (C=O) groups is 1. The summed E-state index contributed by atoms with van der Waals surface area (Å²) in [5, 5.41) is 4.03. The standard InChI is InChI=1S/C23H22N6O/c1-15-5-4-6-18-19(22(30)29(2)3)11-20(28-21(15)18)17-13-26-23(27-14-17)25-12-16-7-9-24-10-8-16/h4-11,13-14H,12H2,1-3H3,(H,25,26,27). The van der Waals surface area contributed by atoms with Gasteiger partial charge < -0.3 is 10.2 Å². The number of hydrogen-bond acceptors (Lipinski definition) is 6. The zero-order chi connectivity index (χ0) is 21.1. The van der Waals surface area contributed by atoms with Crippen LogP contribution in [0.25, 0.3) is 22.2 Å². The van der Waals surface area contributed by atoms with Crippen LogP contribution in [-0.4, -0.2) is 44.8 Å². The van der Waals surface area contributed by atoms with Crippen molar-refractivity contribution in [3.63, 3.8) is 0 Å². The molecule has 4 aromatic rings. The van der Waals surface area contributed by atoms with Crippen LogP contribution in [-0.2, 0) is 6.54 Å². The molecule has 0 radical (unpaired) electrons. The van der Waals surface area contributed by atoms with Crippen molar-refractivity contribution < 1.29 is 4.79 Å². The van der Waals surface area contributed by atoms with E-state index in [0.29, 0.717) is 23.8 Å². The van der Waals surface area contributed by atoms with Crippen LogP contribution in [0, 0.1) is 6.92 Å². The van der Waals surface area contributed by atoms with Crippen molar-refractivity contribution in [2.45, 2.75) is 13.5 Å². The zero-order valence-electron chi connectivity index (χ0n) is 17.1. The van der Waals surface area contributed by atoms with Gasteiger partial charge in [-0.3, -0.25) is 9.78 Å². The summed E-state index contributed by atoms with van der Waals surface area (Å²) in [5.41, 5.74) is 4.95. The number of para-hydroxylation sites is 1. The van der Waals surface area contributed by atoms with Crippen LogP contribution in [0.5, 0.6) is 0 Å². The molecule has 1 N–H and O–H groups in total. The fourth-order valence-electron chi connectivity index (χ4n) is 3.19. The van der Waals surface area contributed by atoms with Crippen LogP contribution in [0.4, 0.5) is 5.95 Å². The van der Waals surface area contributed by atoms with E-state index in [4.69, 9.17) is 4.98 Å². The van der Waals surface area contributed by atoms with Gasteiger partial charge in [-0.25, -0.2) is 15.0 Å². The largest absolute Gasteiger partial charge is 0.350 e. The Bertz CT molecular complexity index is 1190. The Morgan fingerprint density at radius 3 is 2.50 bits per heavy atom. The predicted octanol–water partition coefficient (Wildman–Crippen LogP) is 3.71. The SMILES string of the molecule is Cc1cccc2c(C(=O)N(C)C)cc(-c3cnc(NCc4ccncc4)nc3)nc12. The van der Waals surface area contributed by atoms with Gasteiger partial charge >= 0.3 is 0 Å². The molecule has 0 aliphatic heterocycles. The smallest absolute Gasteiger partial charge is 0.254 e. The van der Waals surface area contributed by atoms with Crippen LogP contribution < -0.4 is 5.32 Å². The molecule has 0 unspecified atom stereocenters. The van der Waals surface area contributed by atoms with E-state index in [1.165, 1.54) is 0 Å². The van der Waals surface area contributed by atoms with E-state index < -0.39 is 0 Å². The average molecular weight is 398 g/mol. The molecule has 0 aliphatic carbocycles. The Morgan fingerprint density at radius 2 is 1.80 bits per heavy atom. The molecule has 0 saturated heterocycles. The van der Waals surface area contributed by atoms with Gasteiger partial charge in [-0.2, -0.15) is 0 Å². The zero-order valence-corrected chi connectivity index (χ0v) is 17.1. The number of anilines is 1. The minimum Gasteiger partial charge on any atom is -0.350 e. The second-order valence-corrected chi connectivity index (χ2v) is 7.23. The minimum atomic E-state index is -0.0641. The highest BCUT2D eigenvalue weighted by Crippen LogP contribution is 2.27. The molecule has 0 saturated carbocycles. The third kappa shape index (κ3) is 3.96. The summed E-state index contributed by atoms with van der Waals surface area (Å²) in [6, 6.07) is 11.5. The van der Waals surface area contributed by atoms with E-state index >= 15 is 0 Å². The monoisotopic (exact) mass is 398 g/mol. The van der Waals surface area contributed by atoms with E-state index in [0.717, 1.165) is 27.6 Å². The summed E-state index contributed by atoms with van der Waals surface area (Å²) in [6.07, 6.45) is 6.94. The Morgan fingerprint density at radius 1 is 1.07 bits per heavy atom. The number of nitrogens with one attached hydrogen (secondary N) is 1. The molecule has 0 atom stereocenters. The molecule has 4 rings (SSSR count). The topological polar surface area (TPSA) is 83.9 Å². The predicted molar refractivity (Wildman–Crippen MR) is 117 cm³/mol. The first-order chi connectivity index (χ1) is 14.5. The van der Waals surface area contributed by atoms with Crippen molar-refractivity contribution in [3.8, 4) is 11.3 Å². The van der Waals surface area contributed by atoms with Crippen LogP contribution >= 0.6 is 0 Å². The maximum atomic E-state index is 12.8. The van der Waals surface area contributed by atoms with E-state index in [1.807, 2.05) is 43.3 Å². The first kappa shape index (κ1) is 19.4. The van der Waals surface area contributed by atoms with Crippen molar-refractivity contribution in [1.29, 1.82) is 0 Å². The van der Waals surface area contributed by atoms with E-state index in [2.05, 4.69) is 20.3 Å². The molecule has 150 valence electrons. The van der Waals surface area contributed by atoms with Crippen molar-refractivity contribution in [3.05, 3.63) is 77.9 Å². The molecule has 3 heterocycles. The maximum absolute atomic E-state index is 12.8. The van der Waals surface area contributed by atoms with Gasteiger partial charge in [-0.15, -0.1) is 0 Å². The summed E-state index contributed by atoms with van der Waals surface area (Å²) in [5.74, 6) is 0.461. The second kappa shape index (κ2) is 8.24. The summed E-state index contributed by atoms with van der Waals surface area (Å²) < 4.78 is 0. The van der Waals surface area contributed by atoms with Gasteiger partial charge in [0.15, 0.2) is 0 Å². The third-order valence-electron chi connectivity index (χ3n) is 4.83. The van der Waals surface area contributed by atoms with E-state index in [9.17, 15) is 4.79 Å². The fraction of sp³-hybridized carbons (Fsp3) is 0.174. The van der Waals surface area contributed by atoms with Gasteiger partial charge in [0.2, 0.25) is 5.95 Å². The fourth-order valence-corrected chi connectivity index (χ4v) is 3.19. The number of benzene rings is 1. The first-order valence-corrected chi connectivity index (χ1v) is 9.60. The number of fused-ring (bicyclic) bond motifs is 1. The Kier molecular flexibility index (Phi) is 5.34. The summed E-state index contributed by atoms with van der Waals surface area (Å²) in [6.45, 7) is 2.60. The molecule has 1 aromatic carbocycles. The average Bonchev–Trinajstić information content (AvgIpc) is 2.78. The molecule has 0 bridgehead atoms. The number of amides is 1. The molecule has 30 heavy (non-hydrogen) atoms. The number of hydrogen-bond donors (Lipinski definition) is 1. The first-order valence-electron chi connectivity index (χ1n) is 9.60. The van der Waals surface area contributed by atoms with Gasteiger partial charge in [-0.1, -0.05) is 18.2 Å². The number of aryl methyl sites for hydroxylation is 1. The van der Waals surface area contributed by atoms with Gasteiger partial charge in [0.1, 0.15) is 0 Å². The highest BCUT2D eigenvalue weighted by atomic mass is 16.2. The van der Waals surface area contributed by atoms with Gasteiger partial charge in [0, 0.05) is 56.4 Å². The molecule has 3 aromatic heterocycles. The van der Waals surface area contributed by atoms with E-state index in [-0.39, 0.29) is 5.91 Å². The van der Waals surface area contributed by atoms with Gasteiger partial charge in [0.05, 0.1) is 16.8 Å². The molecule has 1 amide bonds. The molecule has 0 aliphatic rings. The highest BCUT2D eigenvalue weighted by Gasteiger charge is 2.16. The molecule has 7 nitrogen and oxygen atoms in total. The second-order valence-electron chi connectivity index (χ2n) is 7.23. The Hall–Kier alpha value is -3.87. The van der Waals surface area contributed by atoms with Crippen molar-refractivity contribution in [2.24, 2.45) is 0 Å². The van der Waals surface area contributed by atoms with Crippen LogP contribution in [0.1, 0.15) is 21.5 Å². The molecule has 0 fully saturated rings. The number of rotatable bonds is 5. The third-order valence-corrected chi connectivity index (χ3v) is 4.83. The Balaban J connectivity index is 1.67. The van der Waals surface area contributed by atoms with E-state index in [1.54, 1.807) is 43.8 Å². The van der Waals surface area contributed by atoms with Gasteiger partial charge in [0.25, 0.3) is 5.91 Å². The summed E-state index contributed by atoms with van der Waals surface area (Å²) >= 11 is 0. The van der Waals surface area contributed by atoms with Crippen molar-refractivity contribution in [2.75, 3.05) is 19.4 Å². The van der Waals surface area contributed by atoms with Gasteiger partial charge in [-0.05, 0) is 36.2 Å². The van der Waals surface area contributed by atoms with Crippen LogP contribution in [0.15, 0.2) is 61.2 Å². The van der Waals surface area contributed by atoms with Crippen molar-refractivity contribution in [1.82, 2.24) is 24.8 Å². The lowest BCUT2D eigenvalue weighted by Gasteiger charge is -2.15. The maximum Gasteiger partial charge on any atom is 0.254 e. The molecular weight excluding hydrogens is 376 g/mol. The van der Waals surface area contributed by atoms with Crippen LogP contribution in [0.2, 0.25) is 0 Å². The quantitative estimate of drug-likeness (QED) is 0.552. The Labute approximate surface area is 174 Å². The highest BCUT2D eigenvalue weighted by molar-refractivity contribution is 6.07. The lowest BCUT2D eigenvalue weighted by atomic mass is 10.0. The van der Waals surface area contributed by atoms with Crippen molar-refractivity contribution >= 4 is 22.8 Å².